The Balaban J connectivity index is 1.31. The first kappa shape index (κ1) is 21.4. The van der Waals surface area contributed by atoms with Gasteiger partial charge in [-0.15, -0.1) is 0 Å². The van der Waals surface area contributed by atoms with Crippen LogP contribution in [0, 0.1) is 0 Å². The predicted molar refractivity (Wildman–Crippen MR) is 113 cm³/mol. The second-order valence-electron chi connectivity index (χ2n) is 6.96. The molecule has 0 unspecified atom stereocenters. The van der Waals surface area contributed by atoms with Gasteiger partial charge in [-0.1, -0.05) is 29.8 Å². The number of halogens is 1. The first-order valence-corrected chi connectivity index (χ1v) is 11.4. The molecular formula is C21H19ClN2O6S. The minimum Gasteiger partial charge on any atom is -0.450 e. The SMILES string of the molecule is O=C(OCC(=O)N1CCN(S(=O)(=O)c2ccc(Cl)cc2)CC1)c1cc2ccccc2o1. The largest absolute Gasteiger partial charge is 0.450 e. The number of fused-ring (bicyclic) bond motifs is 1. The van der Waals surface area contributed by atoms with Crippen LogP contribution in [0.3, 0.4) is 0 Å². The number of rotatable bonds is 5. The van der Waals surface area contributed by atoms with Crippen molar-refractivity contribution in [3.8, 4) is 0 Å². The Morgan fingerprint density at radius 2 is 1.68 bits per heavy atom. The van der Waals surface area contributed by atoms with Crippen LogP contribution in [0.4, 0.5) is 0 Å². The molecule has 0 spiro atoms. The Bertz CT molecular complexity index is 1180. The number of hydrogen-bond donors (Lipinski definition) is 0. The normalized spacial score (nSPS) is 15.2. The molecule has 162 valence electrons. The number of carbonyl (C=O) groups excluding carboxylic acids is 2. The van der Waals surface area contributed by atoms with Crippen molar-refractivity contribution in [2.75, 3.05) is 32.8 Å². The van der Waals surface area contributed by atoms with Crippen LogP contribution in [0.1, 0.15) is 10.6 Å². The van der Waals surface area contributed by atoms with Gasteiger partial charge in [0.05, 0.1) is 4.90 Å². The van der Waals surface area contributed by atoms with E-state index in [0.29, 0.717) is 10.6 Å². The van der Waals surface area contributed by atoms with Gasteiger partial charge in [-0.05, 0) is 36.4 Å². The number of nitrogens with zero attached hydrogens (tertiary/aromatic N) is 2. The van der Waals surface area contributed by atoms with Gasteiger partial charge in [0.2, 0.25) is 15.8 Å². The fourth-order valence-electron chi connectivity index (χ4n) is 3.31. The standard InChI is InChI=1S/C21H19ClN2O6S/c22-16-5-7-17(8-6-16)31(27,28)24-11-9-23(10-12-24)20(25)14-29-21(26)19-13-15-3-1-2-4-18(15)30-19/h1-8,13H,9-12,14H2. The van der Waals surface area contributed by atoms with E-state index in [0.717, 1.165) is 5.39 Å². The lowest BCUT2D eigenvalue weighted by Crippen LogP contribution is -2.51. The molecule has 2 heterocycles. The molecule has 1 amide bonds. The van der Waals surface area contributed by atoms with Gasteiger partial charge >= 0.3 is 5.97 Å². The quantitative estimate of drug-likeness (QED) is 0.541. The molecule has 0 N–H and O–H groups in total. The number of ether oxygens (including phenoxy) is 1. The van der Waals surface area contributed by atoms with Crippen molar-refractivity contribution in [3.05, 3.63) is 65.4 Å². The Labute approximate surface area is 184 Å². The minimum absolute atomic E-state index is 0.0212. The number of sulfonamides is 1. The first-order valence-electron chi connectivity index (χ1n) is 9.54. The molecule has 0 atom stereocenters. The van der Waals surface area contributed by atoms with Gasteiger partial charge in [0.1, 0.15) is 5.58 Å². The number of piperazine rings is 1. The van der Waals surface area contributed by atoms with Crippen molar-refractivity contribution in [1.29, 1.82) is 0 Å². The third-order valence-corrected chi connectivity index (χ3v) is 7.16. The van der Waals surface area contributed by atoms with Gasteiger partial charge in [0, 0.05) is 36.6 Å². The van der Waals surface area contributed by atoms with E-state index in [1.54, 1.807) is 24.3 Å². The summed E-state index contributed by atoms with van der Waals surface area (Å²) in [5, 5.41) is 1.21. The Hall–Kier alpha value is -2.88. The molecule has 0 aliphatic carbocycles. The lowest BCUT2D eigenvalue weighted by molar-refractivity contribution is -0.135. The molecule has 0 radical (unpaired) electrons. The van der Waals surface area contributed by atoms with Gasteiger partial charge in [-0.2, -0.15) is 4.31 Å². The van der Waals surface area contributed by atoms with E-state index in [4.69, 9.17) is 20.8 Å². The van der Waals surface area contributed by atoms with Crippen LogP contribution < -0.4 is 0 Å². The smallest absolute Gasteiger partial charge is 0.374 e. The third kappa shape index (κ3) is 4.58. The van der Waals surface area contributed by atoms with Gasteiger partial charge in [0.15, 0.2) is 6.61 Å². The number of hydrogen-bond acceptors (Lipinski definition) is 6. The van der Waals surface area contributed by atoms with E-state index in [9.17, 15) is 18.0 Å². The van der Waals surface area contributed by atoms with Gasteiger partial charge in [0.25, 0.3) is 5.91 Å². The van der Waals surface area contributed by atoms with Crippen LogP contribution in [0.5, 0.6) is 0 Å². The fraction of sp³-hybridized carbons (Fsp3) is 0.238. The van der Waals surface area contributed by atoms with Crippen molar-refractivity contribution in [1.82, 2.24) is 9.21 Å². The zero-order valence-corrected chi connectivity index (χ0v) is 17.9. The maximum absolute atomic E-state index is 12.7. The number of amides is 1. The second kappa shape index (κ2) is 8.70. The monoisotopic (exact) mass is 462 g/mol. The summed E-state index contributed by atoms with van der Waals surface area (Å²) in [7, 11) is -3.66. The summed E-state index contributed by atoms with van der Waals surface area (Å²) in [6, 6.07) is 14.6. The number of para-hydroxylation sites is 1. The summed E-state index contributed by atoms with van der Waals surface area (Å²) in [5.74, 6) is -1.10. The van der Waals surface area contributed by atoms with Crippen molar-refractivity contribution in [2.45, 2.75) is 4.90 Å². The van der Waals surface area contributed by atoms with E-state index in [2.05, 4.69) is 0 Å². The molecule has 0 saturated carbocycles. The number of esters is 1. The summed E-state index contributed by atoms with van der Waals surface area (Å²) >= 11 is 5.82. The molecule has 3 aromatic rings. The topological polar surface area (TPSA) is 97.1 Å². The second-order valence-corrected chi connectivity index (χ2v) is 9.34. The van der Waals surface area contributed by atoms with Crippen LogP contribution in [0.25, 0.3) is 11.0 Å². The van der Waals surface area contributed by atoms with Crippen molar-refractivity contribution in [2.24, 2.45) is 0 Å². The molecule has 2 aromatic carbocycles. The number of furan rings is 1. The molecule has 1 saturated heterocycles. The third-order valence-electron chi connectivity index (χ3n) is 5.00. The van der Waals surface area contributed by atoms with Gasteiger partial charge < -0.3 is 14.1 Å². The summed E-state index contributed by atoms with van der Waals surface area (Å²) in [6.45, 7) is 0.254. The van der Waals surface area contributed by atoms with E-state index in [1.807, 2.05) is 6.07 Å². The summed E-state index contributed by atoms with van der Waals surface area (Å²) in [5.41, 5.74) is 0.554. The predicted octanol–water partition coefficient (Wildman–Crippen LogP) is 2.78. The lowest BCUT2D eigenvalue weighted by atomic mass is 10.2. The van der Waals surface area contributed by atoms with Crippen LogP contribution in [-0.4, -0.2) is 62.3 Å². The zero-order valence-electron chi connectivity index (χ0n) is 16.4. The van der Waals surface area contributed by atoms with Crippen LogP contribution in [0.15, 0.2) is 63.9 Å². The average molecular weight is 463 g/mol. The number of carbonyl (C=O) groups is 2. The molecule has 10 heteroatoms. The van der Waals surface area contributed by atoms with Crippen molar-refractivity contribution >= 4 is 44.5 Å². The van der Waals surface area contributed by atoms with Crippen LogP contribution in [0.2, 0.25) is 5.02 Å². The number of benzene rings is 2. The summed E-state index contributed by atoms with van der Waals surface area (Å²) in [6.07, 6.45) is 0. The molecular weight excluding hydrogens is 444 g/mol. The Morgan fingerprint density at radius 3 is 2.35 bits per heavy atom. The maximum Gasteiger partial charge on any atom is 0.374 e. The molecule has 1 aliphatic heterocycles. The molecule has 8 nitrogen and oxygen atoms in total. The average Bonchev–Trinajstić information content (AvgIpc) is 3.22. The highest BCUT2D eigenvalue weighted by Gasteiger charge is 2.30. The van der Waals surface area contributed by atoms with Gasteiger partial charge in [-0.25, -0.2) is 13.2 Å². The van der Waals surface area contributed by atoms with Crippen molar-refractivity contribution in [3.63, 3.8) is 0 Å². The zero-order chi connectivity index (χ0) is 22.0. The highest BCUT2D eigenvalue weighted by Crippen LogP contribution is 2.21. The Morgan fingerprint density at radius 1 is 1.00 bits per heavy atom. The van der Waals surface area contributed by atoms with E-state index in [1.165, 1.54) is 33.5 Å². The van der Waals surface area contributed by atoms with Crippen molar-refractivity contribution < 1.29 is 27.2 Å². The van der Waals surface area contributed by atoms with Crippen LogP contribution in [-0.2, 0) is 19.6 Å². The molecule has 4 rings (SSSR count). The molecule has 1 aliphatic rings. The molecule has 1 fully saturated rings. The minimum atomic E-state index is -3.66. The van der Waals surface area contributed by atoms with Gasteiger partial charge in [-0.3, -0.25) is 4.79 Å². The van der Waals surface area contributed by atoms with E-state index in [-0.39, 0.29) is 36.8 Å². The highest BCUT2D eigenvalue weighted by molar-refractivity contribution is 7.89. The summed E-state index contributed by atoms with van der Waals surface area (Å²) in [4.78, 5) is 26.2. The molecule has 31 heavy (non-hydrogen) atoms. The maximum atomic E-state index is 12.7. The first-order chi connectivity index (χ1) is 14.8. The Kier molecular flexibility index (Phi) is 5.99. The molecule has 1 aromatic heterocycles. The van der Waals surface area contributed by atoms with E-state index < -0.39 is 28.5 Å². The summed E-state index contributed by atoms with van der Waals surface area (Å²) < 4.78 is 37.3. The fourth-order valence-corrected chi connectivity index (χ4v) is 4.85. The van der Waals surface area contributed by atoms with Crippen LogP contribution >= 0.6 is 11.6 Å². The molecule has 0 bridgehead atoms. The van der Waals surface area contributed by atoms with E-state index >= 15 is 0 Å². The lowest BCUT2D eigenvalue weighted by Gasteiger charge is -2.33. The highest BCUT2D eigenvalue weighted by atomic mass is 35.5.